The summed E-state index contributed by atoms with van der Waals surface area (Å²) >= 11 is 0. The molecule has 0 radical (unpaired) electrons. The predicted octanol–water partition coefficient (Wildman–Crippen LogP) is 3.55. The summed E-state index contributed by atoms with van der Waals surface area (Å²) in [6, 6.07) is 15.2. The summed E-state index contributed by atoms with van der Waals surface area (Å²) in [5, 5.41) is 5.98. The van der Waals surface area contributed by atoms with Crippen LogP contribution >= 0.6 is 0 Å². The third-order valence-corrected chi connectivity index (χ3v) is 4.06. The fourth-order valence-corrected chi connectivity index (χ4v) is 2.57. The van der Waals surface area contributed by atoms with Crippen LogP contribution in [0.15, 0.2) is 48.5 Å². The first-order valence-corrected chi connectivity index (χ1v) is 9.43. The third-order valence-electron chi connectivity index (χ3n) is 4.06. The largest absolute Gasteiger partial charge is 0.489 e. The number of aryl methyl sites for hydroxylation is 1. The summed E-state index contributed by atoms with van der Waals surface area (Å²) in [5.41, 5.74) is 2.60. The number of anilines is 2. The maximum absolute atomic E-state index is 12.3. The van der Waals surface area contributed by atoms with E-state index < -0.39 is 0 Å². The SMILES string of the molecule is CC(C)Oc1ccccc1NC(=O)CNc1ccc(CCC(=O)N(C)C)cc1. The van der Waals surface area contributed by atoms with Gasteiger partial charge < -0.3 is 20.3 Å². The van der Waals surface area contributed by atoms with Crippen LogP contribution in [-0.4, -0.2) is 43.5 Å². The van der Waals surface area contributed by atoms with E-state index in [0.29, 0.717) is 24.3 Å². The average Bonchev–Trinajstić information content (AvgIpc) is 2.66. The monoisotopic (exact) mass is 383 g/mol. The number of amides is 2. The molecule has 0 aromatic heterocycles. The Morgan fingerprint density at radius 3 is 2.36 bits per heavy atom. The van der Waals surface area contributed by atoms with Gasteiger partial charge in [0, 0.05) is 26.2 Å². The number of benzene rings is 2. The summed E-state index contributed by atoms with van der Waals surface area (Å²) in [4.78, 5) is 25.5. The van der Waals surface area contributed by atoms with Gasteiger partial charge in [0.2, 0.25) is 11.8 Å². The molecule has 0 atom stereocenters. The smallest absolute Gasteiger partial charge is 0.243 e. The molecule has 2 amide bonds. The van der Waals surface area contributed by atoms with Crippen LogP contribution in [0.1, 0.15) is 25.8 Å². The first kappa shape index (κ1) is 21.3. The Kier molecular flexibility index (Phi) is 7.87. The lowest BCUT2D eigenvalue weighted by Gasteiger charge is -2.15. The number of carbonyl (C=O) groups excluding carboxylic acids is 2. The molecule has 2 N–H and O–H groups in total. The molecular formula is C22H29N3O3. The van der Waals surface area contributed by atoms with E-state index in [2.05, 4.69) is 10.6 Å². The molecule has 2 aromatic rings. The number of hydrogen-bond donors (Lipinski definition) is 2. The summed E-state index contributed by atoms with van der Waals surface area (Å²) in [5.74, 6) is 0.614. The van der Waals surface area contributed by atoms with E-state index >= 15 is 0 Å². The Hall–Kier alpha value is -3.02. The molecule has 0 heterocycles. The molecule has 0 fully saturated rings. The number of rotatable bonds is 9. The molecule has 28 heavy (non-hydrogen) atoms. The van der Waals surface area contributed by atoms with Gasteiger partial charge in [-0.25, -0.2) is 0 Å². The lowest BCUT2D eigenvalue weighted by Crippen LogP contribution is -2.22. The van der Waals surface area contributed by atoms with Crippen molar-refractivity contribution in [1.29, 1.82) is 0 Å². The van der Waals surface area contributed by atoms with Crippen LogP contribution < -0.4 is 15.4 Å². The van der Waals surface area contributed by atoms with E-state index in [9.17, 15) is 9.59 Å². The second-order valence-electron chi connectivity index (χ2n) is 7.05. The molecule has 0 saturated heterocycles. The molecule has 6 heteroatoms. The summed E-state index contributed by atoms with van der Waals surface area (Å²) in [6.07, 6.45) is 1.22. The lowest BCUT2D eigenvalue weighted by molar-refractivity contribution is -0.128. The minimum Gasteiger partial charge on any atom is -0.489 e. The highest BCUT2D eigenvalue weighted by Gasteiger charge is 2.09. The third kappa shape index (κ3) is 6.95. The number of ether oxygens (including phenoxy) is 1. The molecule has 2 aromatic carbocycles. The van der Waals surface area contributed by atoms with Gasteiger partial charge in [-0.2, -0.15) is 0 Å². The van der Waals surface area contributed by atoms with Crippen molar-refractivity contribution in [2.45, 2.75) is 32.8 Å². The Balaban J connectivity index is 1.84. The molecule has 0 saturated carbocycles. The highest BCUT2D eigenvalue weighted by atomic mass is 16.5. The van der Waals surface area contributed by atoms with Crippen LogP contribution in [0.4, 0.5) is 11.4 Å². The number of hydrogen-bond acceptors (Lipinski definition) is 4. The number of carbonyl (C=O) groups is 2. The van der Waals surface area contributed by atoms with E-state index in [1.165, 1.54) is 0 Å². The first-order valence-electron chi connectivity index (χ1n) is 9.43. The van der Waals surface area contributed by atoms with Crippen molar-refractivity contribution >= 4 is 23.2 Å². The normalized spacial score (nSPS) is 10.5. The molecule has 0 aliphatic heterocycles. The van der Waals surface area contributed by atoms with Crippen LogP contribution in [0.3, 0.4) is 0 Å². The Bertz CT molecular complexity index is 786. The Morgan fingerprint density at radius 1 is 1.04 bits per heavy atom. The zero-order chi connectivity index (χ0) is 20.5. The first-order chi connectivity index (χ1) is 13.3. The van der Waals surface area contributed by atoms with Gasteiger partial charge in [0.1, 0.15) is 5.75 Å². The second kappa shape index (κ2) is 10.3. The van der Waals surface area contributed by atoms with Crippen molar-refractivity contribution in [3.8, 4) is 5.75 Å². The molecule has 6 nitrogen and oxygen atoms in total. The van der Waals surface area contributed by atoms with Gasteiger partial charge in [-0.15, -0.1) is 0 Å². The van der Waals surface area contributed by atoms with Crippen molar-refractivity contribution in [2.24, 2.45) is 0 Å². The summed E-state index contributed by atoms with van der Waals surface area (Å²) in [6.45, 7) is 4.04. The quantitative estimate of drug-likeness (QED) is 0.695. The van der Waals surface area contributed by atoms with Gasteiger partial charge in [0.25, 0.3) is 0 Å². The van der Waals surface area contributed by atoms with Crippen molar-refractivity contribution in [3.05, 3.63) is 54.1 Å². The summed E-state index contributed by atoms with van der Waals surface area (Å²) in [7, 11) is 3.52. The van der Waals surface area contributed by atoms with Crippen LogP contribution in [-0.2, 0) is 16.0 Å². The molecule has 0 bridgehead atoms. The van der Waals surface area contributed by atoms with Gasteiger partial charge in [0.05, 0.1) is 18.3 Å². The highest BCUT2D eigenvalue weighted by molar-refractivity contribution is 5.95. The van der Waals surface area contributed by atoms with Gasteiger partial charge in [-0.1, -0.05) is 24.3 Å². The average molecular weight is 383 g/mol. The van der Waals surface area contributed by atoms with E-state index in [0.717, 1.165) is 11.3 Å². The standard InChI is InChI=1S/C22H29N3O3/c1-16(2)28-20-8-6-5-7-19(20)24-21(26)15-23-18-12-9-17(10-13-18)11-14-22(27)25(3)4/h5-10,12-13,16,23H,11,14-15H2,1-4H3,(H,24,26). The van der Waals surface area contributed by atoms with E-state index in [4.69, 9.17) is 4.74 Å². The van der Waals surface area contributed by atoms with Gasteiger partial charge in [-0.05, 0) is 50.1 Å². The number of para-hydroxylation sites is 2. The van der Waals surface area contributed by atoms with Crippen LogP contribution in [0.5, 0.6) is 5.75 Å². The van der Waals surface area contributed by atoms with Crippen molar-refractivity contribution in [1.82, 2.24) is 4.90 Å². The molecule has 150 valence electrons. The van der Waals surface area contributed by atoms with E-state index in [1.54, 1.807) is 19.0 Å². The fourth-order valence-electron chi connectivity index (χ4n) is 2.57. The van der Waals surface area contributed by atoms with Gasteiger partial charge >= 0.3 is 0 Å². The predicted molar refractivity (Wildman–Crippen MR) is 113 cm³/mol. The molecule has 0 spiro atoms. The zero-order valence-corrected chi connectivity index (χ0v) is 17.0. The Labute approximate surface area is 166 Å². The van der Waals surface area contributed by atoms with E-state index in [-0.39, 0.29) is 24.5 Å². The van der Waals surface area contributed by atoms with Gasteiger partial charge in [-0.3, -0.25) is 9.59 Å². The minimum atomic E-state index is -0.152. The van der Waals surface area contributed by atoms with Crippen LogP contribution in [0.25, 0.3) is 0 Å². The fraction of sp³-hybridized carbons (Fsp3) is 0.364. The van der Waals surface area contributed by atoms with Crippen molar-refractivity contribution in [2.75, 3.05) is 31.3 Å². The highest BCUT2D eigenvalue weighted by Crippen LogP contribution is 2.24. The van der Waals surface area contributed by atoms with E-state index in [1.807, 2.05) is 62.4 Å². The second-order valence-corrected chi connectivity index (χ2v) is 7.05. The number of nitrogens with zero attached hydrogens (tertiary/aromatic N) is 1. The topological polar surface area (TPSA) is 70.7 Å². The van der Waals surface area contributed by atoms with Gasteiger partial charge in [0.15, 0.2) is 0 Å². The maximum atomic E-state index is 12.3. The van der Waals surface area contributed by atoms with Crippen LogP contribution in [0, 0.1) is 0 Å². The van der Waals surface area contributed by atoms with Crippen LogP contribution in [0.2, 0.25) is 0 Å². The molecule has 2 rings (SSSR count). The molecule has 0 aliphatic rings. The Morgan fingerprint density at radius 2 is 1.71 bits per heavy atom. The van der Waals surface area contributed by atoms with Crippen molar-refractivity contribution in [3.63, 3.8) is 0 Å². The minimum absolute atomic E-state index is 0.0303. The molecular weight excluding hydrogens is 354 g/mol. The maximum Gasteiger partial charge on any atom is 0.243 e. The molecule has 0 unspecified atom stereocenters. The summed E-state index contributed by atoms with van der Waals surface area (Å²) < 4.78 is 5.71. The zero-order valence-electron chi connectivity index (χ0n) is 17.0. The van der Waals surface area contributed by atoms with Crippen molar-refractivity contribution < 1.29 is 14.3 Å². The molecule has 0 aliphatic carbocycles. The number of nitrogens with one attached hydrogen (secondary N) is 2. The lowest BCUT2D eigenvalue weighted by atomic mass is 10.1.